The number of piperazine rings is 1. The molecule has 0 radical (unpaired) electrons. The first-order valence-corrected chi connectivity index (χ1v) is 8.30. The molecule has 0 aromatic heterocycles. The van der Waals surface area contributed by atoms with Crippen LogP contribution in [0.1, 0.15) is 50.4 Å². The van der Waals surface area contributed by atoms with Gasteiger partial charge in [0.05, 0.1) is 6.61 Å². The van der Waals surface area contributed by atoms with Gasteiger partial charge in [0.25, 0.3) is 5.91 Å². The summed E-state index contributed by atoms with van der Waals surface area (Å²) in [6.45, 7) is 7.40. The van der Waals surface area contributed by atoms with Gasteiger partial charge in [0, 0.05) is 18.7 Å². The fourth-order valence-electron chi connectivity index (χ4n) is 2.65. The lowest BCUT2D eigenvalue weighted by atomic mass is 9.97. The number of hydrogen-bond acceptors (Lipinski definition) is 3. The lowest BCUT2D eigenvalue weighted by molar-refractivity contribution is -0.133. The zero-order valence-electron chi connectivity index (χ0n) is 14.2. The molecule has 0 spiro atoms. The number of unbranched alkanes of at least 4 members (excludes halogenated alkanes) is 2. The molecule has 1 aliphatic rings. The lowest BCUT2D eigenvalue weighted by Crippen LogP contribution is -2.63. The van der Waals surface area contributed by atoms with Crippen LogP contribution in [0.3, 0.4) is 0 Å². The fraction of sp³-hybridized carbons (Fsp3) is 0.556. The normalized spacial score (nSPS) is 16.8. The van der Waals surface area contributed by atoms with Crippen LogP contribution in [0.2, 0.25) is 0 Å². The Morgan fingerprint density at radius 3 is 2.61 bits per heavy atom. The summed E-state index contributed by atoms with van der Waals surface area (Å²) in [5, 5.41) is 2.80. The van der Waals surface area contributed by atoms with Gasteiger partial charge < -0.3 is 15.0 Å². The van der Waals surface area contributed by atoms with E-state index in [9.17, 15) is 9.59 Å². The predicted octanol–water partition coefficient (Wildman–Crippen LogP) is 2.61. The van der Waals surface area contributed by atoms with E-state index < -0.39 is 5.54 Å². The third kappa shape index (κ3) is 4.03. The molecule has 0 saturated carbocycles. The first-order chi connectivity index (χ1) is 11.0. The fourth-order valence-corrected chi connectivity index (χ4v) is 2.65. The van der Waals surface area contributed by atoms with Gasteiger partial charge in [-0.3, -0.25) is 9.59 Å². The lowest BCUT2D eigenvalue weighted by Gasteiger charge is -2.41. The Kier molecular flexibility index (Phi) is 5.64. The summed E-state index contributed by atoms with van der Waals surface area (Å²) < 4.78 is 5.66. The number of nitrogens with one attached hydrogen (secondary N) is 1. The van der Waals surface area contributed by atoms with E-state index in [0.29, 0.717) is 25.3 Å². The van der Waals surface area contributed by atoms with Crippen LogP contribution in [0.25, 0.3) is 0 Å². The number of carbonyl (C=O) groups is 2. The van der Waals surface area contributed by atoms with Crippen molar-refractivity contribution in [3.05, 3.63) is 29.8 Å². The van der Waals surface area contributed by atoms with Crippen LogP contribution in [-0.4, -0.2) is 41.9 Å². The number of nitrogens with zero attached hydrogens (tertiary/aromatic N) is 1. The maximum atomic E-state index is 12.7. The predicted molar refractivity (Wildman–Crippen MR) is 89.6 cm³/mol. The molecule has 1 aromatic carbocycles. The van der Waals surface area contributed by atoms with Crippen molar-refractivity contribution in [3.8, 4) is 5.75 Å². The van der Waals surface area contributed by atoms with Crippen LogP contribution in [0.5, 0.6) is 5.75 Å². The summed E-state index contributed by atoms with van der Waals surface area (Å²) >= 11 is 0. The molecule has 1 heterocycles. The maximum absolute atomic E-state index is 12.7. The van der Waals surface area contributed by atoms with E-state index in [0.717, 1.165) is 25.0 Å². The number of amides is 2. The third-order valence-electron chi connectivity index (χ3n) is 4.21. The molecule has 1 N–H and O–H groups in total. The molecule has 0 aliphatic carbocycles. The van der Waals surface area contributed by atoms with Crippen LogP contribution in [-0.2, 0) is 4.79 Å². The summed E-state index contributed by atoms with van der Waals surface area (Å²) in [6.07, 6.45) is 3.35. The third-order valence-corrected chi connectivity index (χ3v) is 4.21. The molecule has 5 nitrogen and oxygen atoms in total. The SMILES string of the molecule is CCCCCOc1ccc(C(=O)N2CCNC(=O)C2(C)C)cc1. The Bertz CT molecular complexity index is 552. The van der Waals surface area contributed by atoms with Crippen molar-refractivity contribution in [2.45, 2.75) is 45.6 Å². The summed E-state index contributed by atoms with van der Waals surface area (Å²) in [4.78, 5) is 26.3. The highest BCUT2D eigenvalue weighted by Gasteiger charge is 2.40. The number of benzene rings is 1. The van der Waals surface area contributed by atoms with Crippen molar-refractivity contribution >= 4 is 11.8 Å². The molecule has 1 aliphatic heterocycles. The quantitative estimate of drug-likeness (QED) is 0.820. The van der Waals surface area contributed by atoms with Crippen LogP contribution in [0.15, 0.2) is 24.3 Å². The standard InChI is InChI=1S/C18H26N2O3/c1-4-5-6-13-23-15-9-7-14(8-10-15)16(21)20-12-11-19-17(22)18(20,2)3/h7-10H,4-6,11-13H2,1-3H3,(H,19,22). The minimum atomic E-state index is -0.829. The molecule has 2 rings (SSSR count). The van der Waals surface area contributed by atoms with Gasteiger partial charge in [-0.15, -0.1) is 0 Å². The number of hydrogen-bond donors (Lipinski definition) is 1. The molecule has 23 heavy (non-hydrogen) atoms. The van der Waals surface area contributed by atoms with Gasteiger partial charge in [-0.1, -0.05) is 19.8 Å². The van der Waals surface area contributed by atoms with Crippen molar-refractivity contribution < 1.29 is 14.3 Å². The van der Waals surface area contributed by atoms with Gasteiger partial charge in [-0.2, -0.15) is 0 Å². The first-order valence-electron chi connectivity index (χ1n) is 8.30. The Morgan fingerprint density at radius 2 is 1.96 bits per heavy atom. The molecule has 0 atom stereocenters. The first kappa shape index (κ1) is 17.3. The molecular formula is C18H26N2O3. The molecule has 1 fully saturated rings. The monoisotopic (exact) mass is 318 g/mol. The topological polar surface area (TPSA) is 58.6 Å². The zero-order chi connectivity index (χ0) is 16.9. The maximum Gasteiger partial charge on any atom is 0.254 e. The van der Waals surface area contributed by atoms with E-state index >= 15 is 0 Å². The molecule has 0 bridgehead atoms. The smallest absolute Gasteiger partial charge is 0.254 e. The van der Waals surface area contributed by atoms with Gasteiger partial charge in [-0.05, 0) is 44.5 Å². The molecule has 0 unspecified atom stereocenters. The molecule has 5 heteroatoms. The number of ether oxygens (including phenoxy) is 1. The van der Waals surface area contributed by atoms with E-state index in [4.69, 9.17) is 4.74 Å². The van der Waals surface area contributed by atoms with Crippen molar-refractivity contribution in [2.24, 2.45) is 0 Å². The van der Waals surface area contributed by atoms with E-state index in [1.54, 1.807) is 30.9 Å². The highest BCUT2D eigenvalue weighted by atomic mass is 16.5. The summed E-state index contributed by atoms with van der Waals surface area (Å²) in [7, 11) is 0. The van der Waals surface area contributed by atoms with Gasteiger partial charge >= 0.3 is 0 Å². The van der Waals surface area contributed by atoms with E-state index in [1.807, 2.05) is 12.1 Å². The number of carbonyl (C=O) groups excluding carboxylic acids is 2. The highest BCUT2D eigenvalue weighted by molar-refractivity contribution is 5.99. The van der Waals surface area contributed by atoms with Gasteiger partial charge in [-0.25, -0.2) is 0 Å². The van der Waals surface area contributed by atoms with E-state index in [2.05, 4.69) is 12.2 Å². The van der Waals surface area contributed by atoms with Crippen LogP contribution in [0, 0.1) is 0 Å². The second kappa shape index (κ2) is 7.49. The molecular weight excluding hydrogens is 292 g/mol. The summed E-state index contributed by atoms with van der Waals surface area (Å²) in [5.74, 6) is 0.531. The largest absolute Gasteiger partial charge is 0.494 e. The van der Waals surface area contributed by atoms with Crippen molar-refractivity contribution in [1.29, 1.82) is 0 Å². The Hall–Kier alpha value is -2.04. The molecule has 1 saturated heterocycles. The zero-order valence-corrected chi connectivity index (χ0v) is 14.2. The highest BCUT2D eigenvalue weighted by Crippen LogP contribution is 2.22. The van der Waals surface area contributed by atoms with Crippen molar-refractivity contribution in [3.63, 3.8) is 0 Å². The van der Waals surface area contributed by atoms with Gasteiger partial charge in [0.2, 0.25) is 5.91 Å². The number of rotatable bonds is 6. The van der Waals surface area contributed by atoms with E-state index in [1.165, 1.54) is 0 Å². The summed E-state index contributed by atoms with van der Waals surface area (Å²) in [6, 6.07) is 7.16. The van der Waals surface area contributed by atoms with Gasteiger partial charge in [0.15, 0.2) is 0 Å². The van der Waals surface area contributed by atoms with Crippen LogP contribution >= 0.6 is 0 Å². The minimum Gasteiger partial charge on any atom is -0.494 e. The minimum absolute atomic E-state index is 0.118. The van der Waals surface area contributed by atoms with Crippen LogP contribution in [0.4, 0.5) is 0 Å². The molecule has 1 aromatic rings. The molecule has 126 valence electrons. The second-order valence-corrected chi connectivity index (χ2v) is 6.35. The Balaban J connectivity index is 2.01. The van der Waals surface area contributed by atoms with Gasteiger partial charge in [0.1, 0.15) is 11.3 Å². The second-order valence-electron chi connectivity index (χ2n) is 6.35. The van der Waals surface area contributed by atoms with E-state index in [-0.39, 0.29) is 11.8 Å². The van der Waals surface area contributed by atoms with Crippen molar-refractivity contribution in [1.82, 2.24) is 10.2 Å². The average molecular weight is 318 g/mol. The van der Waals surface area contributed by atoms with Crippen LogP contribution < -0.4 is 10.1 Å². The Morgan fingerprint density at radius 1 is 1.26 bits per heavy atom. The van der Waals surface area contributed by atoms with Crippen molar-refractivity contribution in [2.75, 3.05) is 19.7 Å². The average Bonchev–Trinajstić information content (AvgIpc) is 2.54. The Labute approximate surface area is 138 Å². The summed E-state index contributed by atoms with van der Waals surface area (Å²) in [5.41, 5.74) is -0.251. The molecule has 2 amide bonds.